The summed E-state index contributed by atoms with van der Waals surface area (Å²) >= 11 is 5.14. The van der Waals surface area contributed by atoms with Crippen molar-refractivity contribution in [1.29, 1.82) is 0 Å². The van der Waals surface area contributed by atoms with E-state index in [-0.39, 0.29) is 0 Å². The summed E-state index contributed by atoms with van der Waals surface area (Å²) in [5.74, 6) is 0.746. The van der Waals surface area contributed by atoms with Crippen molar-refractivity contribution in [3.05, 3.63) is 15.0 Å². The Bertz CT molecular complexity index is 496. The smallest absolute Gasteiger partial charge is 0.405 e. The lowest BCUT2D eigenvalue weighted by Crippen LogP contribution is -2.53. The number of nitrogens with zero attached hydrogens (tertiary/aromatic N) is 1. The molecule has 1 saturated heterocycles. The van der Waals surface area contributed by atoms with Crippen LogP contribution in [0.4, 0.5) is 4.79 Å². The first-order valence-corrected chi connectivity index (χ1v) is 8.37. The molecule has 1 aromatic heterocycles. The second kappa shape index (κ2) is 5.61. The van der Waals surface area contributed by atoms with Crippen LogP contribution in [0.25, 0.3) is 0 Å². The van der Waals surface area contributed by atoms with E-state index in [1.807, 2.05) is 6.20 Å². The SMILES string of the molecule is NC(=O)OC1(C2COC2)CCC(c2ncc(Br)s2)CC1. The van der Waals surface area contributed by atoms with E-state index in [9.17, 15) is 4.79 Å². The molecule has 0 spiro atoms. The number of nitrogens with two attached hydrogens (primary N) is 1. The van der Waals surface area contributed by atoms with Crippen molar-refractivity contribution in [2.24, 2.45) is 11.7 Å². The summed E-state index contributed by atoms with van der Waals surface area (Å²) in [6, 6.07) is 0. The number of rotatable bonds is 3. The van der Waals surface area contributed by atoms with Gasteiger partial charge in [-0.3, -0.25) is 0 Å². The molecular formula is C13H17BrN2O3S. The average Bonchev–Trinajstić information content (AvgIpc) is 2.73. The fourth-order valence-corrected chi connectivity index (χ4v) is 4.56. The minimum Gasteiger partial charge on any atom is -0.443 e. The van der Waals surface area contributed by atoms with Crippen molar-refractivity contribution >= 4 is 33.4 Å². The number of hydrogen-bond acceptors (Lipinski definition) is 5. The number of amides is 1. The molecule has 2 fully saturated rings. The molecule has 1 aliphatic carbocycles. The van der Waals surface area contributed by atoms with Gasteiger partial charge in [-0.15, -0.1) is 11.3 Å². The van der Waals surface area contributed by atoms with E-state index < -0.39 is 11.7 Å². The average molecular weight is 361 g/mol. The Labute approximate surface area is 130 Å². The van der Waals surface area contributed by atoms with Gasteiger partial charge < -0.3 is 15.2 Å². The quantitative estimate of drug-likeness (QED) is 0.898. The number of ether oxygens (including phenoxy) is 2. The van der Waals surface area contributed by atoms with Crippen LogP contribution in [0.2, 0.25) is 0 Å². The molecule has 110 valence electrons. The van der Waals surface area contributed by atoms with Crippen molar-refractivity contribution in [1.82, 2.24) is 4.98 Å². The van der Waals surface area contributed by atoms with E-state index in [4.69, 9.17) is 15.2 Å². The largest absolute Gasteiger partial charge is 0.443 e. The van der Waals surface area contributed by atoms with Gasteiger partial charge in [0.1, 0.15) is 5.60 Å². The third-order valence-corrected chi connectivity index (χ3v) is 6.00. The van der Waals surface area contributed by atoms with Gasteiger partial charge in [-0.25, -0.2) is 9.78 Å². The maximum atomic E-state index is 11.2. The number of hydrogen-bond donors (Lipinski definition) is 1. The van der Waals surface area contributed by atoms with Crippen LogP contribution in [0.3, 0.4) is 0 Å². The normalized spacial score (nSPS) is 30.8. The zero-order chi connectivity index (χ0) is 14.2. The fraction of sp³-hybridized carbons (Fsp3) is 0.692. The molecule has 20 heavy (non-hydrogen) atoms. The molecule has 2 N–H and O–H groups in total. The Morgan fingerprint density at radius 1 is 1.50 bits per heavy atom. The molecule has 1 aliphatic heterocycles. The van der Waals surface area contributed by atoms with Crippen LogP contribution in [0.15, 0.2) is 9.98 Å². The Kier molecular flexibility index (Phi) is 4.01. The van der Waals surface area contributed by atoms with Crippen LogP contribution in [-0.2, 0) is 9.47 Å². The monoisotopic (exact) mass is 360 g/mol. The van der Waals surface area contributed by atoms with Crippen LogP contribution in [0.5, 0.6) is 0 Å². The standard InChI is InChI=1S/C13H17BrN2O3S/c14-10-5-16-11(20-10)8-1-3-13(4-2-8,19-12(15)17)9-6-18-7-9/h5,8-9H,1-4,6-7H2,(H2,15,17). The molecular weight excluding hydrogens is 344 g/mol. The van der Waals surface area contributed by atoms with Crippen LogP contribution in [0.1, 0.15) is 36.6 Å². The van der Waals surface area contributed by atoms with Gasteiger partial charge in [0.15, 0.2) is 0 Å². The van der Waals surface area contributed by atoms with Crippen molar-refractivity contribution in [3.63, 3.8) is 0 Å². The Morgan fingerprint density at radius 3 is 2.65 bits per heavy atom. The number of aromatic nitrogens is 1. The van der Waals surface area contributed by atoms with Gasteiger partial charge in [-0.1, -0.05) is 0 Å². The van der Waals surface area contributed by atoms with Gasteiger partial charge in [0.05, 0.1) is 28.2 Å². The Morgan fingerprint density at radius 2 is 2.20 bits per heavy atom. The molecule has 1 aromatic rings. The summed E-state index contributed by atoms with van der Waals surface area (Å²) in [5, 5.41) is 1.16. The van der Waals surface area contributed by atoms with Gasteiger partial charge in [0.25, 0.3) is 0 Å². The number of primary amides is 1. The van der Waals surface area contributed by atoms with Crippen molar-refractivity contribution < 1.29 is 14.3 Å². The molecule has 3 rings (SSSR count). The number of carbonyl (C=O) groups is 1. The maximum absolute atomic E-state index is 11.2. The number of halogens is 1. The second-order valence-corrected chi connectivity index (χ2v) is 7.94. The predicted molar refractivity (Wildman–Crippen MR) is 78.7 cm³/mol. The van der Waals surface area contributed by atoms with E-state index >= 15 is 0 Å². The van der Waals surface area contributed by atoms with Crippen LogP contribution in [0, 0.1) is 5.92 Å². The van der Waals surface area contributed by atoms with Crippen LogP contribution < -0.4 is 5.73 Å². The highest BCUT2D eigenvalue weighted by atomic mass is 79.9. The summed E-state index contributed by atoms with van der Waals surface area (Å²) in [7, 11) is 0. The highest BCUT2D eigenvalue weighted by Gasteiger charge is 2.48. The van der Waals surface area contributed by atoms with Gasteiger partial charge in [-0.05, 0) is 41.6 Å². The van der Waals surface area contributed by atoms with E-state index in [1.165, 1.54) is 0 Å². The topological polar surface area (TPSA) is 74.4 Å². The van der Waals surface area contributed by atoms with Gasteiger partial charge in [0, 0.05) is 11.8 Å². The summed E-state index contributed by atoms with van der Waals surface area (Å²) < 4.78 is 11.8. The lowest BCUT2D eigenvalue weighted by atomic mass is 9.71. The summed E-state index contributed by atoms with van der Waals surface area (Å²) in [6.45, 7) is 1.33. The molecule has 0 unspecified atom stereocenters. The summed E-state index contributed by atoms with van der Waals surface area (Å²) in [4.78, 5) is 15.7. The molecule has 7 heteroatoms. The fourth-order valence-electron chi connectivity index (χ4n) is 3.14. The highest BCUT2D eigenvalue weighted by Crippen LogP contribution is 2.46. The van der Waals surface area contributed by atoms with Gasteiger partial charge in [0.2, 0.25) is 0 Å². The van der Waals surface area contributed by atoms with E-state index in [0.717, 1.165) is 34.5 Å². The van der Waals surface area contributed by atoms with Gasteiger partial charge in [-0.2, -0.15) is 0 Å². The molecule has 5 nitrogen and oxygen atoms in total. The van der Waals surface area contributed by atoms with Crippen molar-refractivity contribution in [2.75, 3.05) is 13.2 Å². The molecule has 2 heterocycles. The zero-order valence-electron chi connectivity index (χ0n) is 11.0. The first-order valence-electron chi connectivity index (χ1n) is 6.76. The highest BCUT2D eigenvalue weighted by molar-refractivity contribution is 9.11. The molecule has 0 aromatic carbocycles. The summed E-state index contributed by atoms with van der Waals surface area (Å²) in [5.41, 5.74) is 4.83. The third-order valence-electron chi connectivity index (χ3n) is 4.36. The molecule has 0 atom stereocenters. The molecule has 0 bridgehead atoms. The number of thiazole rings is 1. The summed E-state index contributed by atoms with van der Waals surface area (Å²) in [6.07, 6.45) is 4.81. The molecule has 1 amide bonds. The van der Waals surface area contributed by atoms with Crippen LogP contribution in [-0.4, -0.2) is 29.9 Å². The van der Waals surface area contributed by atoms with E-state index in [2.05, 4.69) is 20.9 Å². The van der Waals surface area contributed by atoms with Crippen LogP contribution >= 0.6 is 27.3 Å². The zero-order valence-corrected chi connectivity index (χ0v) is 13.4. The first kappa shape index (κ1) is 14.3. The van der Waals surface area contributed by atoms with E-state index in [1.54, 1.807) is 11.3 Å². The predicted octanol–water partition coefficient (Wildman–Crippen LogP) is 3.04. The second-order valence-electron chi connectivity index (χ2n) is 5.50. The van der Waals surface area contributed by atoms with Crippen molar-refractivity contribution in [3.8, 4) is 0 Å². The van der Waals surface area contributed by atoms with E-state index in [0.29, 0.717) is 25.0 Å². The molecule has 2 aliphatic rings. The molecule has 1 saturated carbocycles. The lowest BCUT2D eigenvalue weighted by molar-refractivity contribution is -0.160. The Balaban J connectivity index is 1.69. The maximum Gasteiger partial charge on any atom is 0.405 e. The Hall–Kier alpha value is -0.660. The van der Waals surface area contributed by atoms with Gasteiger partial charge >= 0.3 is 6.09 Å². The van der Waals surface area contributed by atoms with Crippen molar-refractivity contribution in [2.45, 2.75) is 37.2 Å². The minimum absolute atomic E-state index is 0.291. The minimum atomic E-state index is -0.674. The lowest BCUT2D eigenvalue weighted by Gasteiger charge is -2.47. The third kappa shape index (κ3) is 2.71. The molecule has 0 radical (unpaired) electrons. The first-order chi connectivity index (χ1) is 9.59. The number of carbonyl (C=O) groups excluding carboxylic acids is 1.